The Morgan fingerprint density at radius 2 is 1.92 bits per heavy atom. The molecule has 0 saturated carbocycles. The normalized spacial score (nSPS) is 16.2. The molecular formula is C11H16ClN. The summed E-state index contributed by atoms with van der Waals surface area (Å²) in [4.78, 5) is 0. The molecule has 0 radical (unpaired) electrons. The number of rotatable bonds is 1. The summed E-state index contributed by atoms with van der Waals surface area (Å²) in [7, 11) is 0. The van der Waals surface area contributed by atoms with Gasteiger partial charge in [-0.3, -0.25) is 0 Å². The van der Waals surface area contributed by atoms with E-state index in [1.165, 1.54) is 16.7 Å². The third-order valence-electron chi connectivity index (χ3n) is 2.87. The Labute approximate surface area is 86.0 Å². The Bertz CT molecular complexity index is 292. The lowest BCUT2D eigenvalue weighted by Gasteiger charge is -2.29. The van der Waals surface area contributed by atoms with E-state index in [2.05, 4.69) is 37.4 Å². The highest BCUT2D eigenvalue weighted by Gasteiger charge is 2.20. The summed E-state index contributed by atoms with van der Waals surface area (Å²) in [5, 5.41) is 3.31. The molecule has 2 heteroatoms. The number of nitrogens with one attached hydrogen (secondary N) is 1. The second-order valence-electron chi connectivity index (χ2n) is 3.64. The van der Waals surface area contributed by atoms with Crippen molar-refractivity contribution in [1.29, 1.82) is 0 Å². The molecule has 0 aliphatic carbocycles. The second-order valence-corrected chi connectivity index (χ2v) is 3.64. The van der Waals surface area contributed by atoms with E-state index in [0.29, 0.717) is 0 Å². The SMILES string of the molecule is Cc1cccc(C2CNC2)c1C.Cl. The molecular weight excluding hydrogens is 182 g/mol. The van der Waals surface area contributed by atoms with Crippen molar-refractivity contribution in [3.05, 3.63) is 34.9 Å². The zero-order chi connectivity index (χ0) is 8.55. The first kappa shape index (κ1) is 10.6. The molecule has 1 aliphatic rings. The smallest absolute Gasteiger partial charge is 0.00912 e. The Balaban J connectivity index is 0.000000845. The summed E-state index contributed by atoms with van der Waals surface area (Å²) in [5.41, 5.74) is 4.43. The highest BCUT2D eigenvalue weighted by Crippen LogP contribution is 2.24. The third kappa shape index (κ3) is 1.87. The van der Waals surface area contributed by atoms with E-state index in [-0.39, 0.29) is 12.4 Å². The highest BCUT2D eigenvalue weighted by atomic mass is 35.5. The van der Waals surface area contributed by atoms with Crippen LogP contribution in [0.5, 0.6) is 0 Å². The largest absolute Gasteiger partial charge is 0.315 e. The number of hydrogen-bond donors (Lipinski definition) is 1. The standard InChI is InChI=1S/C11H15N.ClH/c1-8-4-3-5-11(9(8)2)10-6-12-7-10;/h3-5,10,12H,6-7H2,1-2H3;1H. The van der Waals surface area contributed by atoms with Gasteiger partial charge in [0.15, 0.2) is 0 Å². The zero-order valence-corrected chi connectivity index (χ0v) is 8.95. The first-order chi connectivity index (χ1) is 5.79. The van der Waals surface area contributed by atoms with Crippen molar-refractivity contribution >= 4 is 12.4 Å². The molecule has 0 unspecified atom stereocenters. The first-order valence-electron chi connectivity index (χ1n) is 4.56. The van der Waals surface area contributed by atoms with Gasteiger partial charge in [-0.05, 0) is 30.5 Å². The van der Waals surface area contributed by atoms with Gasteiger partial charge >= 0.3 is 0 Å². The van der Waals surface area contributed by atoms with Crippen molar-refractivity contribution < 1.29 is 0 Å². The van der Waals surface area contributed by atoms with Gasteiger partial charge in [-0.15, -0.1) is 12.4 Å². The Morgan fingerprint density at radius 3 is 2.46 bits per heavy atom. The van der Waals surface area contributed by atoms with Crippen LogP contribution in [0, 0.1) is 13.8 Å². The summed E-state index contributed by atoms with van der Waals surface area (Å²) < 4.78 is 0. The molecule has 1 saturated heterocycles. The monoisotopic (exact) mass is 197 g/mol. The maximum atomic E-state index is 3.31. The van der Waals surface area contributed by atoms with E-state index in [4.69, 9.17) is 0 Å². The van der Waals surface area contributed by atoms with Gasteiger partial charge in [0, 0.05) is 19.0 Å². The molecule has 0 amide bonds. The van der Waals surface area contributed by atoms with Gasteiger partial charge in [-0.25, -0.2) is 0 Å². The van der Waals surface area contributed by atoms with Crippen LogP contribution in [0.3, 0.4) is 0 Å². The average Bonchev–Trinajstić information content (AvgIpc) is 1.95. The lowest BCUT2D eigenvalue weighted by Crippen LogP contribution is -2.40. The van der Waals surface area contributed by atoms with Crippen LogP contribution in [-0.4, -0.2) is 13.1 Å². The van der Waals surface area contributed by atoms with E-state index in [1.807, 2.05) is 0 Å². The molecule has 13 heavy (non-hydrogen) atoms. The van der Waals surface area contributed by atoms with Crippen LogP contribution in [0.1, 0.15) is 22.6 Å². The van der Waals surface area contributed by atoms with Crippen LogP contribution in [0.15, 0.2) is 18.2 Å². The number of aryl methyl sites for hydroxylation is 1. The molecule has 1 aromatic rings. The molecule has 1 N–H and O–H groups in total. The number of benzene rings is 1. The van der Waals surface area contributed by atoms with Gasteiger partial charge < -0.3 is 5.32 Å². The number of halogens is 1. The minimum absolute atomic E-state index is 0. The first-order valence-corrected chi connectivity index (χ1v) is 4.56. The van der Waals surface area contributed by atoms with Crippen molar-refractivity contribution in [2.24, 2.45) is 0 Å². The zero-order valence-electron chi connectivity index (χ0n) is 8.13. The van der Waals surface area contributed by atoms with E-state index >= 15 is 0 Å². The van der Waals surface area contributed by atoms with Gasteiger partial charge in [-0.1, -0.05) is 18.2 Å². The summed E-state index contributed by atoms with van der Waals surface area (Å²) in [6.07, 6.45) is 0. The topological polar surface area (TPSA) is 12.0 Å². The van der Waals surface area contributed by atoms with Crippen molar-refractivity contribution in [3.63, 3.8) is 0 Å². The van der Waals surface area contributed by atoms with Crippen LogP contribution in [0.2, 0.25) is 0 Å². The molecule has 0 aromatic heterocycles. The second kappa shape index (κ2) is 4.12. The number of hydrogen-bond acceptors (Lipinski definition) is 1. The predicted octanol–water partition coefficient (Wildman–Crippen LogP) is 2.41. The molecule has 72 valence electrons. The minimum Gasteiger partial charge on any atom is -0.315 e. The van der Waals surface area contributed by atoms with E-state index in [9.17, 15) is 0 Å². The fourth-order valence-corrected chi connectivity index (χ4v) is 1.72. The summed E-state index contributed by atoms with van der Waals surface area (Å²) in [6.45, 7) is 6.72. The van der Waals surface area contributed by atoms with Crippen molar-refractivity contribution in [2.75, 3.05) is 13.1 Å². The minimum atomic E-state index is 0. The van der Waals surface area contributed by atoms with Crippen molar-refractivity contribution in [1.82, 2.24) is 5.32 Å². The molecule has 0 atom stereocenters. The fourth-order valence-electron chi connectivity index (χ4n) is 1.72. The fraction of sp³-hybridized carbons (Fsp3) is 0.455. The third-order valence-corrected chi connectivity index (χ3v) is 2.87. The van der Waals surface area contributed by atoms with Crippen molar-refractivity contribution in [2.45, 2.75) is 19.8 Å². The maximum Gasteiger partial charge on any atom is 0.00912 e. The Hall–Kier alpha value is -0.530. The molecule has 1 fully saturated rings. The quantitative estimate of drug-likeness (QED) is 0.729. The highest BCUT2D eigenvalue weighted by molar-refractivity contribution is 5.85. The molecule has 1 nitrogen and oxygen atoms in total. The molecule has 2 rings (SSSR count). The Kier molecular flexibility index (Phi) is 3.34. The van der Waals surface area contributed by atoms with Gasteiger partial charge in [-0.2, -0.15) is 0 Å². The molecule has 1 aliphatic heterocycles. The van der Waals surface area contributed by atoms with Crippen molar-refractivity contribution in [3.8, 4) is 0 Å². The molecule has 1 aromatic carbocycles. The van der Waals surface area contributed by atoms with Crippen LogP contribution >= 0.6 is 12.4 Å². The van der Waals surface area contributed by atoms with Gasteiger partial charge in [0.25, 0.3) is 0 Å². The predicted molar refractivity (Wildman–Crippen MR) is 58.8 cm³/mol. The molecule has 1 heterocycles. The van der Waals surface area contributed by atoms with Gasteiger partial charge in [0.2, 0.25) is 0 Å². The van der Waals surface area contributed by atoms with E-state index in [1.54, 1.807) is 0 Å². The van der Waals surface area contributed by atoms with Crippen LogP contribution < -0.4 is 5.32 Å². The van der Waals surface area contributed by atoms with Crippen LogP contribution in [0.4, 0.5) is 0 Å². The summed E-state index contributed by atoms with van der Waals surface area (Å²) >= 11 is 0. The Morgan fingerprint density at radius 1 is 1.23 bits per heavy atom. The van der Waals surface area contributed by atoms with Gasteiger partial charge in [0.05, 0.1) is 0 Å². The average molecular weight is 198 g/mol. The molecule has 0 bridgehead atoms. The lowest BCUT2D eigenvalue weighted by molar-refractivity contribution is 0.446. The summed E-state index contributed by atoms with van der Waals surface area (Å²) in [6, 6.07) is 6.61. The molecule has 0 spiro atoms. The van der Waals surface area contributed by atoms with Crippen LogP contribution in [-0.2, 0) is 0 Å². The van der Waals surface area contributed by atoms with E-state index in [0.717, 1.165) is 19.0 Å². The summed E-state index contributed by atoms with van der Waals surface area (Å²) in [5.74, 6) is 0.768. The lowest BCUT2D eigenvalue weighted by atomic mass is 9.88. The van der Waals surface area contributed by atoms with Crippen LogP contribution in [0.25, 0.3) is 0 Å². The van der Waals surface area contributed by atoms with Gasteiger partial charge in [0.1, 0.15) is 0 Å². The maximum absolute atomic E-state index is 3.31. The van der Waals surface area contributed by atoms with E-state index < -0.39 is 0 Å².